The van der Waals surface area contributed by atoms with E-state index in [1.165, 1.54) is 12.1 Å². The lowest BCUT2D eigenvalue weighted by atomic mass is 10.1. The summed E-state index contributed by atoms with van der Waals surface area (Å²) in [6, 6.07) is 28.3. The Bertz CT molecular complexity index is 1470. The van der Waals surface area contributed by atoms with E-state index in [2.05, 4.69) is 34.1 Å². The summed E-state index contributed by atoms with van der Waals surface area (Å²) < 4.78 is 22.2. The highest BCUT2D eigenvalue weighted by molar-refractivity contribution is 5.94. The molecule has 35 heavy (non-hydrogen) atoms. The number of aromatic nitrogens is 2. The fourth-order valence-electron chi connectivity index (χ4n) is 4.32. The molecule has 1 aromatic heterocycles. The fraction of sp³-hybridized carbons (Fsp3) is 0.172. The number of benzene rings is 4. The number of aryl methyl sites for hydroxylation is 1. The zero-order valence-electron chi connectivity index (χ0n) is 19.3. The van der Waals surface area contributed by atoms with Gasteiger partial charge in [0.15, 0.2) is 0 Å². The Morgan fingerprint density at radius 2 is 1.69 bits per heavy atom. The van der Waals surface area contributed by atoms with Gasteiger partial charge in [0.1, 0.15) is 24.0 Å². The van der Waals surface area contributed by atoms with Crippen LogP contribution < -0.4 is 10.1 Å². The van der Waals surface area contributed by atoms with Gasteiger partial charge in [-0.1, -0.05) is 60.7 Å². The Morgan fingerprint density at radius 3 is 2.60 bits per heavy atom. The number of nitrogens with zero attached hydrogens (tertiary/aromatic N) is 2. The molecule has 0 radical (unpaired) electrons. The summed E-state index contributed by atoms with van der Waals surface area (Å²) in [5.74, 6) is 0.885. The first kappa shape index (κ1) is 22.6. The molecule has 5 nitrogen and oxygen atoms in total. The number of hydrogen-bond acceptors (Lipinski definition) is 3. The first-order chi connectivity index (χ1) is 17.2. The van der Waals surface area contributed by atoms with Crippen molar-refractivity contribution in [3.63, 3.8) is 0 Å². The summed E-state index contributed by atoms with van der Waals surface area (Å²) in [5.41, 5.74) is 2.05. The van der Waals surface area contributed by atoms with Crippen molar-refractivity contribution in [1.82, 2.24) is 14.9 Å². The smallest absolute Gasteiger partial charge is 0.254 e. The van der Waals surface area contributed by atoms with E-state index in [-0.39, 0.29) is 5.56 Å². The number of nitrogens with one attached hydrogen (secondary N) is 1. The molecule has 5 rings (SSSR count). The van der Waals surface area contributed by atoms with Gasteiger partial charge in [0.2, 0.25) is 0 Å². The van der Waals surface area contributed by atoms with E-state index in [1.807, 2.05) is 42.5 Å². The largest absolute Gasteiger partial charge is 0.491 e. The van der Waals surface area contributed by atoms with Gasteiger partial charge in [0.05, 0.1) is 23.1 Å². The highest BCUT2D eigenvalue weighted by Gasteiger charge is 2.13. The topological polar surface area (TPSA) is 56.2 Å². The van der Waals surface area contributed by atoms with Crippen LogP contribution >= 0.6 is 0 Å². The van der Waals surface area contributed by atoms with Gasteiger partial charge in [-0.05, 0) is 42.1 Å². The molecule has 0 saturated heterocycles. The Balaban J connectivity index is 1.24. The van der Waals surface area contributed by atoms with Crippen LogP contribution in [0.4, 0.5) is 4.39 Å². The van der Waals surface area contributed by atoms with Crippen LogP contribution in [0.5, 0.6) is 5.75 Å². The summed E-state index contributed by atoms with van der Waals surface area (Å²) in [6.45, 7) is 1.59. The van der Waals surface area contributed by atoms with Crippen LogP contribution in [0.25, 0.3) is 21.8 Å². The van der Waals surface area contributed by atoms with Crippen LogP contribution in [-0.2, 0) is 13.0 Å². The van der Waals surface area contributed by atoms with E-state index in [4.69, 9.17) is 9.72 Å². The number of rotatable bonds is 9. The molecule has 1 amide bonds. The van der Waals surface area contributed by atoms with Crippen molar-refractivity contribution in [2.24, 2.45) is 0 Å². The molecule has 1 heterocycles. The first-order valence-electron chi connectivity index (χ1n) is 11.8. The van der Waals surface area contributed by atoms with Crippen molar-refractivity contribution in [3.8, 4) is 5.75 Å². The summed E-state index contributed by atoms with van der Waals surface area (Å²) in [4.78, 5) is 17.1. The van der Waals surface area contributed by atoms with Gasteiger partial charge >= 0.3 is 0 Å². The van der Waals surface area contributed by atoms with E-state index >= 15 is 0 Å². The molecule has 0 atom stereocenters. The van der Waals surface area contributed by atoms with Gasteiger partial charge in [-0.15, -0.1) is 0 Å². The van der Waals surface area contributed by atoms with Crippen molar-refractivity contribution in [1.29, 1.82) is 0 Å². The van der Waals surface area contributed by atoms with Crippen molar-refractivity contribution in [2.75, 3.05) is 13.2 Å². The number of para-hydroxylation sites is 2. The third-order valence-electron chi connectivity index (χ3n) is 6.04. The van der Waals surface area contributed by atoms with Crippen molar-refractivity contribution >= 4 is 27.7 Å². The van der Waals surface area contributed by atoms with E-state index in [0.717, 1.165) is 33.4 Å². The molecule has 0 aliphatic heterocycles. The molecule has 1 N–H and O–H groups in total. The maximum atomic E-state index is 13.8. The molecule has 0 aliphatic rings. The molecule has 6 heteroatoms. The standard InChI is InChI=1S/C29H26FN3O2/c30-24-13-4-3-12-23(24)29(34)31-18-8-17-28-32-25-14-5-6-15-26(25)33(28)19-20-35-27-16-7-10-21-9-1-2-11-22(21)27/h1-7,9-16H,8,17-20H2,(H,31,34). The molecule has 0 unspecified atom stereocenters. The average Bonchev–Trinajstić information content (AvgIpc) is 3.24. The second-order valence-corrected chi connectivity index (χ2v) is 8.33. The molecule has 0 aliphatic carbocycles. The van der Waals surface area contributed by atoms with Crippen LogP contribution in [0.3, 0.4) is 0 Å². The van der Waals surface area contributed by atoms with Crippen LogP contribution in [-0.4, -0.2) is 28.6 Å². The summed E-state index contributed by atoms with van der Waals surface area (Å²) in [5, 5.41) is 5.05. The number of halogens is 1. The second kappa shape index (κ2) is 10.4. The average molecular weight is 468 g/mol. The monoisotopic (exact) mass is 467 g/mol. The second-order valence-electron chi connectivity index (χ2n) is 8.33. The Labute approximate surface area is 203 Å². The lowest BCUT2D eigenvalue weighted by Gasteiger charge is -2.13. The van der Waals surface area contributed by atoms with Crippen molar-refractivity contribution < 1.29 is 13.9 Å². The van der Waals surface area contributed by atoms with Crippen molar-refractivity contribution in [3.05, 3.63) is 108 Å². The quantitative estimate of drug-likeness (QED) is 0.280. The number of imidazole rings is 1. The van der Waals surface area contributed by atoms with E-state index in [9.17, 15) is 9.18 Å². The van der Waals surface area contributed by atoms with E-state index in [1.54, 1.807) is 12.1 Å². The number of carbonyl (C=O) groups excluding carboxylic acids is 1. The van der Waals surface area contributed by atoms with Gasteiger partial charge in [0, 0.05) is 18.4 Å². The Kier molecular flexibility index (Phi) is 6.70. The van der Waals surface area contributed by atoms with Crippen LogP contribution in [0, 0.1) is 5.82 Å². The lowest BCUT2D eigenvalue weighted by Crippen LogP contribution is -2.26. The minimum atomic E-state index is -0.516. The third-order valence-corrected chi connectivity index (χ3v) is 6.04. The Morgan fingerprint density at radius 1 is 0.914 bits per heavy atom. The zero-order chi connectivity index (χ0) is 24.0. The number of carbonyl (C=O) groups is 1. The van der Waals surface area contributed by atoms with Gasteiger partial charge in [-0.3, -0.25) is 4.79 Å². The maximum absolute atomic E-state index is 13.8. The highest BCUT2D eigenvalue weighted by atomic mass is 19.1. The molecule has 4 aromatic carbocycles. The summed E-state index contributed by atoms with van der Waals surface area (Å²) in [6.07, 6.45) is 1.37. The molecular weight excluding hydrogens is 441 g/mol. The highest BCUT2D eigenvalue weighted by Crippen LogP contribution is 2.25. The Hall–Kier alpha value is -4.19. The molecule has 0 fully saturated rings. The van der Waals surface area contributed by atoms with Crippen molar-refractivity contribution in [2.45, 2.75) is 19.4 Å². The molecule has 176 valence electrons. The lowest BCUT2D eigenvalue weighted by molar-refractivity contribution is 0.0949. The number of ether oxygens (including phenoxy) is 1. The van der Waals surface area contributed by atoms with Gasteiger partial charge in [-0.2, -0.15) is 0 Å². The predicted molar refractivity (Wildman–Crippen MR) is 136 cm³/mol. The third kappa shape index (κ3) is 5.01. The summed E-state index contributed by atoms with van der Waals surface area (Å²) >= 11 is 0. The van der Waals surface area contributed by atoms with Gasteiger partial charge in [-0.25, -0.2) is 9.37 Å². The number of amides is 1. The van der Waals surface area contributed by atoms with Gasteiger partial charge < -0.3 is 14.6 Å². The van der Waals surface area contributed by atoms with Crippen LogP contribution in [0.2, 0.25) is 0 Å². The normalized spacial score (nSPS) is 11.1. The van der Waals surface area contributed by atoms with E-state index < -0.39 is 11.7 Å². The van der Waals surface area contributed by atoms with Crippen LogP contribution in [0.15, 0.2) is 91.0 Å². The minimum Gasteiger partial charge on any atom is -0.491 e. The number of hydrogen-bond donors (Lipinski definition) is 1. The molecule has 0 saturated carbocycles. The van der Waals surface area contributed by atoms with Crippen LogP contribution in [0.1, 0.15) is 22.6 Å². The number of fused-ring (bicyclic) bond motifs is 2. The molecule has 0 bridgehead atoms. The SMILES string of the molecule is O=C(NCCCc1nc2ccccc2n1CCOc1cccc2ccccc12)c1ccccc1F. The minimum absolute atomic E-state index is 0.0605. The zero-order valence-corrected chi connectivity index (χ0v) is 19.3. The maximum Gasteiger partial charge on any atom is 0.254 e. The molecule has 5 aromatic rings. The predicted octanol–water partition coefficient (Wildman–Crippen LogP) is 5.77. The van der Waals surface area contributed by atoms with E-state index in [0.29, 0.717) is 32.5 Å². The molecule has 0 spiro atoms. The fourth-order valence-corrected chi connectivity index (χ4v) is 4.32. The molecular formula is C29H26FN3O2. The first-order valence-corrected chi connectivity index (χ1v) is 11.8. The van der Waals surface area contributed by atoms with Gasteiger partial charge in [0.25, 0.3) is 5.91 Å². The summed E-state index contributed by atoms with van der Waals surface area (Å²) in [7, 11) is 0.